The summed E-state index contributed by atoms with van der Waals surface area (Å²) in [6.45, 7) is 3.07. The van der Waals surface area contributed by atoms with Crippen LogP contribution in [-0.2, 0) is 68.0 Å². The molecule has 7 N–H and O–H groups in total. The Balaban J connectivity index is 0.000000135. The van der Waals surface area contributed by atoms with E-state index in [1.165, 1.54) is 39.8 Å². The minimum absolute atomic E-state index is 0.0685. The number of oxazole rings is 2. The molecule has 6 aromatic carbocycles. The van der Waals surface area contributed by atoms with Crippen LogP contribution in [0.2, 0.25) is 0 Å². The van der Waals surface area contributed by atoms with Crippen molar-refractivity contribution in [1.82, 2.24) is 96.4 Å². The number of H-pyrrole nitrogens is 1. The molecule has 6 fully saturated rings. The van der Waals surface area contributed by atoms with E-state index in [9.17, 15) is 28.8 Å². The number of hydrogen-bond donors (Lipinski definition) is 7. The van der Waals surface area contributed by atoms with E-state index in [0.717, 1.165) is 131 Å². The second kappa shape index (κ2) is 51.1. The number of nitrogens with one attached hydrogen (secondary N) is 7. The third kappa shape index (κ3) is 26.7. The maximum Gasteiger partial charge on any atom is 0.240 e. The van der Waals surface area contributed by atoms with Gasteiger partial charge in [0, 0.05) is 41.1 Å². The van der Waals surface area contributed by atoms with Crippen LogP contribution in [-0.4, -0.2) is 178 Å². The fourth-order valence-corrected chi connectivity index (χ4v) is 19.9. The predicted octanol–water partition coefficient (Wildman–Crippen LogP) is 15.8. The molecule has 0 aliphatic carbocycles. The number of imidazole rings is 1. The lowest BCUT2D eigenvalue weighted by Gasteiger charge is -2.31. The molecule has 12 unspecified atom stereocenters. The molecular formula is C102H127N19O9S2. The van der Waals surface area contributed by atoms with Crippen molar-refractivity contribution in [2.24, 2.45) is 0 Å². The number of nitrogens with zero attached hydrogens (tertiary/aromatic N) is 12. The second-order valence-corrected chi connectivity index (χ2v) is 35.7. The van der Waals surface area contributed by atoms with Gasteiger partial charge in [0.1, 0.15) is 22.9 Å². The zero-order valence-corrected chi connectivity index (χ0v) is 78.1. The van der Waals surface area contributed by atoms with Crippen LogP contribution in [0.15, 0.2) is 268 Å². The van der Waals surface area contributed by atoms with E-state index in [1.54, 1.807) is 66.1 Å². The van der Waals surface area contributed by atoms with E-state index >= 15 is 0 Å². The van der Waals surface area contributed by atoms with Crippen LogP contribution in [0, 0.1) is 0 Å². The van der Waals surface area contributed by atoms with Crippen molar-refractivity contribution in [1.29, 1.82) is 0 Å². The standard InChI is InChI=1S/C17H22N4O.3C17H21N3O2.2C17H21N3OS/c1-18-14-8-5-9-15(13-6-3-2-4-7-13)21(17(14)22)12-16-19-10-11-20-16;1-18-15-8-5-9-16(13-6-3-2-4-7-13)20(17(15)21)11-14-10-19-12-22-14;1-18-15-8-5-9-16(13-6-3-2-4-7-13)20(17(15)21)12-14-10-11-19-22-14;1-18-14-8-5-9-15(13-6-3-2-4-7-13)20(17(14)21)12-16-19-10-11-22-16;1-18-15-8-5-9-16(13-6-3-2-4-7-13)20(17(15)21)11-14-10-19-12-22-14;1-18-14-8-5-9-15(13-6-3-2-4-7-13)20(17(14)21)12-16-19-10-11-22-16/h2-4,6-7,10-11,14-15,18H,5,8-9,12H2,1H3,(H,19,20);2-4,6-7,10,12,15-16,18H,5,8-9,11H2,1H3;2-4,6-7,10-11,15-16,18H,5,8-9,12H2,1H3;2-4,6-7,10-11,14-15,18H,5,8-9,12H2,1H3;2-4,6-7,10,12,15-16,18H,5,8-9,11H2,1H3;2-4,6-7,10-11,14-15,18H,5,8-9,12H2,1H3. The number of amides is 6. The topological polar surface area (TPSA) is 327 Å². The van der Waals surface area contributed by atoms with Crippen molar-refractivity contribution in [3.63, 3.8) is 0 Å². The lowest BCUT2D eigenvalue weighted by atomic mass is 10.0. The first-order chi connectivity index (χ1) is 64.8. The summed E-state index contributed by atoms with van der Waals surface area (Å²) < 4.78 is 15.9. The van der Waals surface area contributed by atoms with Gasteiger partial charge in [0.05, 0.1) is 136 Å². The van der Waals surface area contributed by atoms with Crippen molar-refractivity contribution in [2.75, 3.05) is 42.3 Å². The number of benzene rings is 6. The molecule has 6 aromatic heterocycles. The molecule has 0 radical (unpaired) electrons. The van der Waals surface area contributed by atoms with E-state index in [2.05, 4.69) is 140 Å². The van der Waals surface area contributed by atoms with E-state index in [1.807, 2.05) is 204 Å². The van der Waals surface area contributed by atoms with Crippen molar-refractivity contribution >= 4 is 58.1 Å². The molecule has 6 amide bonds. The van der Waals surface area contributed by atoms with Gasteiger partial charge in [-0.05, 0) is 191 Å². The van der Waals surface area contributed by atoms with Crippen molar-refractivity contribution in [3.05, 3.63) is 321 Å². The third-order valence-corrected chi connectivity index (χ3v) is 27.2. The third-order valence-electron chi connectivity index (χ3n) is 25.7. The van der Waals surface area contributed by atoms with Crippen molar-refractivity contribution < 1.29 is 42.1 Å². The summed E-state index contributed by atoms with van der Waals surface area (Å²) in [7, 11) is 11.1. The number of likely N-dealkylation sites (tertiary alicyclic amines) is 6. The Morgan fingerprint density at radius 3 is 0.992 bits per heavy atom. The van der Waals surface area contributed by atoms with E-state index in [-0.39, 0.29) is 108 Å². The first-order valence-electron chi connectivity index (χ1n) is 46.3. The highest BCUT2D eigenvalue weighted by molar-refractivity contribution is 7.09. The Morgan fingerprint density at radius 1 is 0.341 bits per heavy atom. The molecule has 0 spiro atoms. The average Bonchev–Trinajstić information content (AvgIpc) is 1.65. The number of aromatic nitrogens is 7. The predicted molar refractivity (Wildman–Crippen MR) is 511 cm³/mol. The van der Waals surface area contributed by atoms with E-state index < -0.39 is 0 Å². The second-order valence-electron chi connectivity index (χ2n) is 33.8. The number of hydrogen-bond acceptors (Lipinski definition) is 23. The van der Waals surface area contributed by atoms with E-state index in [4.69, 9.17) is 13.4 Å². The van der Waals surface area contributed by atoms with Gasteiger partial charge in [0.25, 0.3) is 0 Å². The van der Waals surface area contributed by atoms with Gasteiger partial charge in [-0.15, -0.1) is 22.7 Å². The lowest BCUT2D eigenvalue weighted by molar-refractivity contribution is -0.137. The highest BCUT2D eigenvalue weighted by atomic mass is 32.1. The number of likely N-dealkylation sites (N-methyl/N-ethyl adjacent to an activating group) is 6. The van der Waals surface area contributed by atoms with Crippen LogP contribution in [0.5, 0.6) is 0 Å². The SMILES string of the molecule is CNC1CCCC(c2ccccc2)N(Cc2ccno2)C1=O.CNC1CCCC(c2ccccc2)N(Cc2cnco2)C1=O.CNC1CCCC(c2ccccc2)N(Cc2cncs2)C1=O.CNC1CCCC(c2ccccc2)N(Cc2ncc[nH]2)C1=O.CNC1CCCC(c2ccccc2)N(Cc2ncco2)C1=O.CNC1CCCC(c2ccccc2)N(Cc2nccs2)C1=O. The summed E-state index contributed by atoms with van der Waals surface area (Å²) in [5, 5.41) is 25.6. The molecule has 30 heteroatoms. The fourth-order valence-electron chi connectivity index (χ4n) is 18.7. The smallest absolute Gasteiger partial charge is 0.240 e. The maximum absolute atomic E-state index is 12.9. The van der Waals surface area contributed by atoms with Crippen LogP contribution in [0.4, 0.5) is 0 Å². The lowest BCUT2D eigenvalue weighted by Crippen LogP contribution is -2.44. The number of carbonyl (C=O) groups is 6. The molecule has 132 heavy (non-hydrogen) atoms. The molecule has 6 saturated heterocycles. The van der Waals surface area contributed by atoms with Crippen molar-refractivity contribution in [2.45, 2.75) is 227 Å². The van der Waals surface area contributed by atoms with Gasteiger partial charge in [0.15, 0.2) is 12.2 Å². The quantitative estimate of drug-likeness (QED) is 0.0295. The number of aromatic amines is 1. The minimum atomic E-state index is -0.135. The molecule has 696 valence electrons. The Kier molecular flexibility index (Phi) is 37.8. The Morgan fingerprint density at radius 2 is 0.697 bits per heavy atom. The Labute approximate surface area is 783 Å². The molecule has 0 bridgehead atoms. The van der Waals surface area contributed by atoms with Gasteiger partial charge in [0.2, 0.25) is 41.3 Å². The summed E-state index contributed by atoms with van der Waals surface area (Å²) in [6, 6.07) is 63.4. The summed E-state index contributed by atoms with van der Waals surface area (Å²) in [5.41, 5.74) is 8.96. The first kappa shape index (κ1) is 97.5. The van der Waals surface area contributed by atoms with Gasteiger partial charge < -0.3 is 79.6 Å². The number of carbonyl (C=O) groups excluding carboxylic acids is 6. The number of thiazole rings is 2. The van der Waals surface area contributed by atoms with Gasteiger partial charge in [-0.25, -0.2) is 19.9 Å². The van der Waals surface area contributed by atoms with E-state index in [0.29, 0.717) is 56.7 Å². The molecule has 6 aliphatic rings. The largest absolute Gasteiger partial charge is 0.447 e. The molecule has 0 saturated carbocycles. The Bertz CT molecular complexity index is 4440. The summed E-state index contributed by atoms with van der Waals surface area (Å²) >= 11 is 3.21. The summed E-state index contributed by atoms with van der Waals surface area (Å²) in [5.74, 6) is 3.74. The van der Waals surface area contributed by atoms with Crippen LogP contribution >= 0.6 is 22.7 Å². The van der Waals surface area contributed by atoms with Crippen LogP contribution in [0.3, 0.4) is 0 Å². The van der Waals surface area contributed by atoms with Crippen LogP contribution in [0.25, 0.3) is 0 Å². The average molecular weight is 1830 g/mol. The minimum Gasteiger partial charge on any atom is -0.447 e. The molecule has 18 rings (SSSR count). The molecule has 28 nitrogen and oxygen atoms in total. The normalized spacial score (nSPS) is 22.6. The van der Waals surface area contributed by atoms with Gasteiger partial charge in [-0.2, -0.15) is 0 Å². The van der Waals surface area contributed by atoms with Gasteiger partial charge >= 0.3 is 0 Å². The fraction of sp³-hybridized carbons (Fsp3) is 0.412. The van der Waals surface area contributed by atoms with Gasteiger partial charge in [-0.1, -0.05) is 187 Å². The molecular weight excluding hydrogens is 1700 g/mol. The zero-order chi connectivity index (χ0) is 92.2. The van der Waals surface area contributed by atoms with Crippen LogP contribution < -0.4 is 31.9 Å². The van der Waals surface area contributed by atoms with Crippen molar-refractivity contribution in [3.8, 4) is 0 Å². The number of rotatable bonds is 24. The highest BCUT2D eigenvalue weighted by Gasteiger charge is 2.40. The zero-order valence-electron chi connectivity index (χ0n) is 76.5. The van der Waals surface area contributed by atoms with Gasteiger partial charge in [-0.3, -0.25) is 33.8 Å². The first-order valence-corrected chi connectivity index (χ1v) is 48.1. The molecule has 12 atom stereocenters. The summed E-state index contributed by atoms with van der Waals surface area (Å²) in [4.78, 5) is 114. The highest BCUT2D eigenvalue weighted by Crippen LogP contribution is 2.40. The Hall–Kier alpha value is -12.0. The summed E-state index contributed by atoms with van der Waals surface area (Å²) in [6.07, 6.45) is 32.4. The molecule has 12 heterocycles. The molecule has 6 aliphatic heterocycles. The monoisotopic (exact) mass is 1830 g/mol. The maximum atomic E-state index is 12.9. The molecule has 12 aromatic rings. The van der Waals surface area contributed by atoms with Crippen LogP contribution in [0.1, 0.15) is 218 Å².